The van der Waals surface area contributed by atoms with Crippen LogP contribution in [0, 0.1) is 0 Å². The van der Waals surface area contributed by atoms with Gasteiger partial charge in [-0.3, -0.25) is 0 Å². The first kappa shape index (κ1) is 20.0. The number of sulfone groups is 1. The number of carbonyl (C=O) groups excluding carboxylic acids is 1. The molecule has 1 heterocycles. The molecule has 2 aromatic rings. The second-order valence-corrected chi connectivity index (χ2v) is 8.65. The van der Waals surface area contributed by atoms with Crippen LogP contribution in [0.4, 0.5) is 10.5 Å². The van der Waals surface area contributed by atoms with Crippen LogP contribution >= 0.6 is 0 Å². The molecule has 0 aliphatic carbocycles. The van der Waals surface area contributed by atoms with Crippen LogP contribution in [0.3, 0.4) is 0 Å². The summed E-state index contributed by atoms with van der Waals surface area (Å²) >= 11 is 0. The molecule has 2 amide bonds. The smallest absolute Gasteiger partial charge is 0.322 e. The molecular weight excluding hydrogens is 380 g/mol. The van der Waals surface area contributed by atoms with Crippen LogP contribution < -0.4 is 14.8 Å². The lowest BCUT2D eigenvalue weighted by Crippen LogP contribution is -2.42. The number of rotatable bonds is 6. The highest BCUT2D eigenvalue weighted by Crippen LogP contribution is 2.27. The summed E-state index contributed by atoms with van der Waals surface area (Å²) in [5.74, 6) is 1.02. The lowest BCUT2D eigenvalue weighted by atomic mass is 10.2. The van der Waals surface area contributed by atoms with Gasteiger partial charge in [0.2, 0.25) is 0 Å². The minimum atomic E-state index is -3.47. The van der Waals surface area contributed by atoms with Crippen molar-refractivity contribution >= 4 is 21.6 Å². The fraction of sp³-hybridized carbons (Fsp3) is 0.350. The summed E-state index contributed by atoms with van der Waals surface area (Å²) in [4.78, 5) is 14.7. The molecule has 1 saturated heterocycles. The van der Waals surface area contributed by atoms with Gasteiger partial charge in [-0.1, -0.05) is 18.2 Å². The molecule has 0 spiro atoms. The highest BCUT2D eigenvalue weighted by atomic mass is 32.2. The van der Waals surface area contributed by atoms with Crippen LogP contribution in [-0.4, -0.2) is 51.9 Å². The zero-order valence-corrected chi connectivity index (χ0v) is 16.7. The molecular formula is C20H24N2O5S. The summed E-state index contributed by atoms with van der Waals surface area (Å²) in [5.41, 5.74) is 0.526. The van der Waals surface area contributed by atoms with Gasteiger partial charge in [-0.15, -0.1) is 0 Å². The molecule has 1 aliphatic rings. The summed E-state index contributed by atoms with van der Waals surface area (Å²) in [6.07, 6.45) is 1.42. The Balaban J connectivity index is 1.73. The topological polar surface area (TPSA) is 84.9 Å². The Labute approximate surface area is 165 Å². The minimum absolute atomic E-state index is 0.0914. The van der Waals surface area contributed by atoms with Gasteiger partial charge in [0.25, 0.3) is 0 Å². The van der Waals surface area contributed by atoms with Gasteiger partial charge >= 0.3 is 6.03 Å². The number of ether oxygens (including phenoxy) is 2. The van der Waals surface area contributed by atoms with E-state index in [2.05, 4.69) is 5.32 Å². The van der Waals surface area contributed by atoms with E-state index in [0.717, 1.165) is 6.42 Å². The zero-order valence-electron chi connectivity index (χ0n) is 15.9. The van der Waals surface area contributed by atoms with Crippen LogP contribution in [0.25, 0.3) is 0 Å². The maximum absolute atomic E-state index is 12.8. The van der Waals surface area contributed by atoms with E-state index in [1.165, 1.54) is 14.2 Å². The first-order chi connectivity index (χ1) is 13.4. The van der Waals surface area contributed by atoms with Gasteiger partial charge in [0.1, 0.15) is 11.5 Å². The first-order valence-electron chi connectivity index (χ1n) is 9.01. The standard InChI is InChI=1S/C20H24N2O5S/c1-26-17-11-15(12-18(13-17)27-2)21-20(23)22-10-6-7-16(22)14-28(24,25)19-8-4-3-5-9-19/h3-5,8-9,11-13,16H,6-7,10,14H2,1-2H3,(H,21,23). The Bertz CT molecular complexity index is 909. The van der Waals surface area contributed by atoms with Crippen molar-refractivity contribution < 1.29 is 22.7 Å². The summed E-state index contributed by atoms with van der Waals surface area (Å²) in [7, 11) is -0.400. The summed E-state index contributed by atoms with van der Waals surface area (Å²) < 4.78 is 35.8. The molecule has 0 aromatic heterocycles. The third kappa shape index (κ3) is 4.56. The molecule has 1 N–H and O–H groups in total. The number of amides is 2. The molecule has 0 saturated carbocycles. The van der Waals surface area contributed by atoms with Gasteiger partial charge < -0.3 is 19.7 Å². The van der Waals surface area contributed by atoms with Gasteiger partial charge in [0.05, 0.1) is 24.9 Å². The zero-order chi connectivity index (χ0) is 20.1. The Morgan fingerprint density at radius 2 is 1.75 bits per heavy atom. The average Bonchev–Trinajstić information content (AvgIpc) is 3.15. The molecule has 0 radical (unpaired) electrons. The van der Waals surface area contributed by atoms with Gasteiger partial charge in [0.15, 0.2) is 9.84 Å². The van der Waals surface area contributed by atoms with E-state index in [-0.39, 0.29) is 22.7 Å². The second kappa shape index (κ2) is 8.52. The number of carbonyl (C=O) groups is 1. The van der Waals surface area contributed by atoms with Crippen molar-refractivity contribution in [2.45, 2.75) is 23.8 Å². The van der Waals surface area contributed by atoms with Crippen LogP contribution in [0.2, 0.25) is 0 Å². The monoisotopic (exact) mass is 404 g/mol. The molecule has 1 unspecified atom stereocenters. The Kier molecular flexibility index (Phi) is 6.08. The summed E-state index contributed by atoms with van der Waals surface area (Å²) in [6, 6.07) is 12.7. The Hall–Kier alpha value is -2.74. The number of likely N-dealkylation sites (tertiary alicyclic amines) is 1. The summed E-state index contributed by atoms with van der Waals surface area (Å²) in [6.45, 7) is 0.516. The maximum Gasteiger partial charge on any atom is 0.322 e. The van der Waals surface area contributed by atoms with Crippen LogP contribution in [0.5, 0.6) is 11.5 Å². The SMILES string of the molecule is COc1cc(NC(=O)N2CCCC2CS(=O)(=O)c2ccccc2)cc(OC)c1. The van der Waals surface area contributed by atoms with Crippen LogP contribution in [-0.2, 0) is 9.84 Å². The molecule has 150 valence electrons. The normalized spacial score (nSPS) is 16.6. The number of benzene rings is 2. The molecule has 0 bridgehead atoms. The lowest BCUT2D eigenvalue weighted by Gasteiger charge is -2.25. The number of hydrogen-bond acceptors (Lipinski definition) is 5. The number of methoxy groups -OCH3 is 2. The molecule has 3 rings (SSSR count). The fourth-order valence-electron chi connectivity index (χ4n) is 3.33. The number of nitrogens with zero attached hydrogens (tertiary/aromatic N) is 1. The van der Waals surface area contributed by atoms with Crippen LogP contribution in [0.15, 0.2) is 53.4 Å². The predicted molar refractivity (Wildman–Crippen MR) is 107 cm³/mol. The van der Waals surface area contributed by atoms with Gasteiger partial charge in [-0.25, -0.2) is 13.2 Å². The van der Waals surface area contributed by atoms with Crippen molar-refractivity contribution in [3.05, 3.63) is 48.5 Å². The van der Waals surface area contributed by atoms with E-state index in [1.807, 2.05) is 0 Å². The first-order valence-corrected chi connectivity index (χ1v) is 10.7. The Morgan fingerprint density at radius 3 is 2.36 bits per heavy atom. The third-order valence-corrected chi connectivity index (χ3v) is 6.57. The highest BCUT2D eigenvalue weighted by Gasteiger charge is 2.33. The van der Waals surface area contributed by atoms with E-state index in [4.69, 9.17) is 9.47 Å². The predicted octanol–water partition coefficient (Wildman–Crippen LogP) is 3.17. The highest BCUT2D eigenvalue weighted by molar-refractivity contribution is 7.91. The number of nitrogens with one attached hydrogen (secondary N) is 1. The van der Waals surface area contributed by atoms with Gasteiger partial charge in [0, 0.05) is 36.5 Å². The van der Waals surface area contributed by atoms with Gasteiger partial charge in [-0.05, 0) is 25.0 Å². The van der Waals surface area contributed by atoms with Gasteiger partial charge in [-0.2, -0.15) is 0 Å². The van der Waals surface area contributed by atoms with Crippen molar-refractivity contribution in [2.24, 2.45) is 0 Å². The largest absolute Gasteiger partial charge is 0.497 e. The van der Waals surface area contributed by atoms with Crippen molar-refractivity contribution in [3.63, 3.8) is 0 Å². The van der Waals surface area contributed by atoms with E-state index >= 15 is 0 Å². The second-order valence-electron chi connectivity index (χ2n) is 6.62. The number of anilines is 1. The molecule has 1 atom stereocenters. The maximum atomic E-state index is 12.8. The molecule has 8 heteroatoms. The molecule has 2 aromatic carbocycles. The minimum Gasteiger partial charge on any atom is -0.497 e. The van der Waals surface area contributed by atoms with Crippen molar-refractivity contribution in [2.75, 3.05) is 31.8 Å². The molecule has 7 nitrogen and oxygen atoms in total. The number of urea groups is 1. The quantitative estimate of drug-likeness (QED) is 0.799. The van der Waals surface area contributed by atoms with E-state index in [9.17, 15) is 13.2 Å². The summed E-state index contributed by atoms with van der Waals surface area (Å²) in [5, 5.41) is 2.82. The van der Waals surface area contributed by atoms with Crippen molar-refractivity contribution in [1.82, 2.24) is 4.90 Å². The van der Waals surface area contributed by atoms with E-state index < -0.39 is 9.84 Å². The van der Waals surface area contributed by atoms with Crippen molar-refractivity contribution in [1.29, 1.82) is 0 Å². The number of hydrogen-bond donors (Lipinski definition) is 1. The lowest BCUT2D eigenvalue weighted by molar-refractivity contribution is 0.210. The van der Waals surface area contributed by atoms with E-state index in [0.29, 0.717) is 30.2 Å². The third-order valence-electron chi connectivity index (χ3n) is 4.75. The molecule has 1 aliphatic heterocycles. The van der Waals surface area contributed by atoms with Crippen LogP contribution in [0.1, 0.15) is 12.8 Å². The molecule has 28 heavy (non-hydrogen) atoms. The van der Waals surface area contributed by atoms with E-state index in [1.54, 1.807) is 53.4 Å². The Morgan fingerprint density at radius 1 is 1.11 bits per heavy atom. The van der Waals surface area contributed by atoms with Crippen molar-refractivity contribution in [3.8, 4) is 11.5 Å². The molecule has 1 fully saturated rings. The fourth-order valence-corrected chi connectivity index (χ4v) is 4.95. The average molecular weight is 404 g/mol.